The van der Waals surface area contributed by atoms with Crippen molar-refractivity contribution in [1.82, 2.24) is 5.32 Å². The Bertz CT molecular complexity index is 1110. The summed E-state index contributed by atoms with van der Waals surface area (Å²) in [6.45, 7) is 4.81. The van der Waals surface area contributed by atoms with Crippen LogP contribution in [0, 0.1) is 0 Å². The molecule has 0 aromatic heterocycles. The smallest absolute Gasteiger partial charge is 0.387 e. The molecule has 0 aliphatic heterocycles. The van der Waals surface area contributed by atoms with Crippen LogP contribution in [0.5, 0.6) is 0 Å². The Balaban J connectivity index is 4.06. The van der Waals surface area contributed by atoms with Gasteiger partial charge < -0.3 is 19.8 Å². The summed E-state index contributed by atoms with van der Waals surface area (Å²) < 4.78 is 23.6. The van der Waals surface area contributed by atoms with Gasteiger partial charge in [0.1, 0.15) is 13.2 Å². The van der Waals surface area contributed by atoms with E-state index in [4.69, 9.17) is 9.05 Å². The number of aliphatic hydroxyl groups excluding tert-OH is 1. The average molecular weight is 940 g/mol. The van der Waals surface area contributed by atoms with Crippen LogP contribution in [0.3, 0.4) is 0 Å². The number of unbranched alkanes of at least 4 members (excludes halogenated alkanes) is 37. The van der Waals surface area contributed by atoms with Crippen molar-refractivity contribution in [1.29, 1.82) is 0 Å². The fourth-order valence-corrected chi connectivity index (χ4v) is 9.21. The first-order valence-electron chi connectivity index (χ1n) is 28.2. The van der Waals surface area contributed by atoms with Crippen molar-refractivity contribution < 1.29 is 32.9 Å². The number of hydrogen-bond acceptors (Lipinski definition) is 5. The number of carbonyl (C=O) groups excluding carboxylic acids is 1. The van der Waals surface area contributed by atoms with E-state index >= 15 is 0 Å². The van der Waals surface area contributed by atoms with Crippen LogP contribution in [0.25, 0.3) is 0 Å². The predicted molar refractivity (Wildman–Crippen MR) is 281 cm³/mol. The number of likely N-dealkylation sites (N-methyl/N-ethyl adjacent to an activating group) is 1. The molecule has 0 spiro atoms. The number of allylic oxidation sites excluding steroid dienone is 3. The van der Waals surface area contributed by atoms with E-state index in [0.29, 0.717) is 17.4 Å². The van der Waals surface area contributed by atoms with Gasteiger partial charge in [-0.25, -0.2) is 4.57 Å². The third-order valence-electron chi connectivity index (χ3n) is 12.9. The minimum absolute atomic E-state index is 0.0584. The third kappa shape index (κ3) is 50.7. The number of amides is 1. The lowest BCUT2D eigenvalue weighted by atomic mass is 10.0. The van der Waals surface area contributed by atoms with E-state index in [2.05, 4.69) is 31.3 Å². The van der Waals surface area contributed by atoms with E-state index in [0.717, 1.165) is 38.5 Å². The first-order chi connectivity index (χ1) is 31.5. The van der Waals surface area contributed by atoms with Crippen molar-refractivity contribution in [3.05, 3.63) is 24.3 Å². The highest BCUT2D eigenvalue weighted by molar-refractivity contribution is 7.47. The molecule has 65 heavy (non-hydrogen) atoms. The number of rotatable bonds is 52. The van der Waals surface area contributed by atoms with E-state index < -0.39 is 20.0 Å². The van der Waals surface area contributed by atoms with Crippen LogP contribution >= 0.6 is 7.82 Å². The molecular weight excluding hydrogens is 828 g/mol. The minimum atomic E-state index is -4.34. The Kier molecular flexibility index (Phi) is 47.3. The van der Waals surface area contributed by atoms with Gasteiger partial charge in [0.15, 0.2) is 0 Å². The molecule has 0 rings (SSSR count). The summed E-state index contributed by atoms with van der Waals surface area (Å²) in [6, 6.07) is -0.858. The molecule has 3 atom stereocenters. The fourth-order valence-electron chi connectivity index (χ4n) is 8.47. The van der Waals surface area contributed by atoms with Crippen LogP contribution in [-0.2, 0) is 18.4 Å². The molecule has 3 unspecified atom stereocenters. The lowest BCUT2D eigenvalue weighted by molar-refractivity contribution is -0.870. The molecule has 9 heteroatoms. The second-order valence-electron chi connectivity index (χ2n) is 20.7. The van der Waals surface area contributed by atoms with Crippen LogP contribution in [-0.4, -0.2) is 73.4 Å². The molecule has 0 aliphatic carbocycles. The van der Waals surface area contributed by atoms with E-state index in [-0.39, 0.29) is 19.1 Å². The molecular formula is C56H112N2O6P+. The number of nitrogens with one attached hydrogen (secondary N) is 1. The van der Waals surface area contributed by atoms with Gasteiger partial charge in [-0.3, -0.25) is 13.8 Å². The topological polar surface area (TPSA) is 105 Å². The Hall–Kier alpha value is -1.02. The maximum absolute atomic E-state index is 12.9. The molecule has 8 nitrogen and oxygen atoms in total. The molecule has 1 amide bonds. The molecule has 3 N–H and O–H groups in total. The summed E-state index contributed by atoms with van der Waals surface area (Å²) in [4.78, 5) is 23.1. The highest BCUT2D eigenvalue weighted by Crippen LogP contribution is 2.43. The number of nitrogens with zero attached hydrogens (tertiary/aromatic N) is 1. The predicted octanol–water partition coefficient (Wildman–Crippen LogP) is 16.8. The molecule has 0 radical (unpaired) electrons. The summed E-state index contributed by atoms with van der Waals surface area (Å²) in [5.41, 5.74) is 0. The zero-order chi connectivity index (χ0) is 47.8. The SMILES string of the molecule is CCCCCCCCCCCCCCCCCCCCCCCCCCCC/C=C/CC/C=C/C(O)C(COP(=O)(O)OCC[N+](C)(C)C)NC(=O)CCCCCCCCCCCCC. The Morgan fingerprint density at radius 3 is 1.23 bits per heavy atom. The number of hydrogen-bond donors (Lipinski definition) is 3. The molecule has 0 bridgehead atoms. The zero-order valence-corrected chi connectivity index (χ0v) is 44.9. The summed E-state index contributed by atoms with van der Waals surface area (Å²) in [7, 11) is 1.56. The van der Waals surface area contributed by atoms with Gasteiger partial charge >= 0.3 is 7.82 Å². The van der Waals surface area contributed by atoms with Gasteiger partial charge in [0, 0.05) is 6.42 Å². The van der Waals surface area contributed by atoms with Crippen molar-refractivity contribution in [2.24, 2.45) is 0 Å². The highest BCUT2D eigenvalue weighted by Gasteiger charge is 2.27. The van der Waals surface area contributed by atoms with Crippen molar-refractivity contribution in [3.8, 4) is 0 Å². The number of aliphatic hydroxyl groups is 1. The number of carbonyl (C=O) groups is 1. The first kappa shape index (κ1) is 64.0. The maximum Gasteiger partial charge on any atom is 0.472 e. The Morgan fingerprint density at radius 2 is 0.846 bits per heavy atom. The van der Waals surface area contributed by atoms with Crippen molar-refractivity contribution in [3.63, 3.8) is 0 Å². The number of phosphoric acid groups is 1. The summed E-state index contributed by atoms with van der Waals surface area (Å²) in [6.07, 6.45) is 60.2. The Morgan fingerprint density at radius 1 is 0.508 bits per heavy atom. The van der Waals surface area contributed by atoms with Gasteiger partial charge in [-0.15, -0.1) is 0 Å². The highest BCUT2D eigenvalue weighted by atomic mass is 31.2. The molecule has 0 aromatic carbocycles. The van der Waals surface area contributed by atoms with E-state index in [1.165, 1.54) is 218 Å². The standard InChI is InChI=1S/C56H111N2O6P/c1-6-8-10-12-14-16-18-19-20-21-22-23-24-25-26-27-28-29-30-31-32-33-34-35-36-37-38-40-41-43-45-47-49-55(59)54(53-64-65(61,62)63-52-51-58(3,4)5)57-56(60)50-48-46-44-42-39-17-15-13-11-9-7-2/h40-41,47,49,54-55,59H,6-39,42-46,48,50-53H2,1-5H3,(H-,57,60,61,62)/p+1/b41-40+,49-47+. The second kappa shape index (κ2) is 48.0. The van der Waals surface area contributed by atoms with Crippen LogP contribution < -0.4 is 5.32 Å². The lowest BCUT2D eigenvalue weighted by Gasteiger charge is -2.25. The molecule has 0 heterocycles. The van der Waals surface area contributed by atoms with E-state index in [1.807, 2.05) is 27.2 Å². The summed E-state index contributed by atoms with van der Waals surface area (Å²) in [5.74, 6) is -0.185. The largest absolute Gasteiger partial charge is 0.472 e. The molecule has 0 aromatic rings. The quantitative estimate of drug-likeness (QED) is 0.0243. The molecule has 0 saturated heterocycles. The van der Waals surface area contributed by atoms with Crippen LogP contribution in [0.2, 0.25) is 0 Å². The van der Waals surface area contributed by atoms with E-state index in [9.17, 15) is 19.4 Å². The zero-order valence-electron chi connectivity index (χ0n) is 44.0. The lowest BCUT2D eigenvalue weighted by Crippen LogP contribution is -2.45. The van der Waals surface area contributed by atoms with Gasteiger partial charge in [0.05, 0.1) is 39.9 Å². The van der Waals surface area contributed by atoms with Crippen LogP contribution in [0.1, 0.15) is 277 Å². The van der Waals surface area contributed by atoms with Crippen molar-refractivity contribution >= 4 is 13.7 Å². The third-order valence-corrected chi connectivity index (χ3v) is 13.9. The molecule has 0 saturated carbocycles. The van der Waals surface area contributed by atoms with Gasteiger partial charge in [-0.2, -0.15) is 0 Å². The number of phosphoric ester groups is 1. The fraction of sp³-hybridized carbons (Fsp3) is 0.911. The molecule has 0 fully saturated rings. The number of quaternary nitrogens is 1. The normalized spacial score (nSPS) is 14.1. The average Bonchev–Trinajstić information content (AvgIpc) is 3.26. The van der Waals surface area contributed by atoms with Crippen molar-refractivity contribution in [2.45, 2.75) is 289 Å². The van der Waals surface area contributed by atoms with Crippen LogP contribution in [0.15, 0.2) is 24.3 Å². The first-order valence-corrected chi connectivity index (χ1v) is 29.7. The van der Waals surface area contributed by atoms with Crippen LogP contribution in [0.4, 0.5) is 0 Å². The maximum atomic E-state index is 12.9. The van der Waals surface area contributed by atoms with Gasteiger partial charge in [0.25, 0.3) is 0 Å². The second-order valence-corrected chi connectivity index (χ2v) is 22.1. The van der Waals surface area contributed by atoms with Gasteiger partial charge in [-0.1, -0.05) is 263 Å². The minimum Gasteiger partial charge on any atom is -0.387 e. The molecule has 0 aliphatic rings. The molecule has 386 valence electrons. The monoisotopic (exact) mass is 940 g/mol. The summed E-state index contributed by atoms with van der Waals surface area (Å²) >= 11 is 0. The van der Waals surface area contributed by atoms with Crippen molar-refractivity contribution in [2.75, 3.05) is 40.9 Å². The van der Waals surface area contributed by atoms with E-state index in [1.54, 1.807) is 6.08 Å². The van der Waals surface area contributed by atoms with Gasteiger partial charge in [0.2, 0.25) is 5.91 Å². The van der Waals surface area contributed by atoms with Gasteiger partial charge in [-0.05, 0) is 32.1 Å². The summed E-state index contributed by atoms with van der Waals surface area (Å²) in [5, 5.41) is 13.9. The Labute approximate surface area is 404 Å².